The Hall–Kier alpha value is -1.67. The minimum Gasteiger partial charge on any atom is -0.379 e. The summed E-state index contributed by atoms with van der Waals surface area (Å²) in [7, 11) is 0. The normalized spacial score (nSPS) is 17.8. The average Bonchev–Trinajstić information content (AvgIpc) is 2.50. The number of thiocarbonyl (C=S) groups is 1. The molecule has 1 saturated heterocycles. The molecule has 1 nitrogen and oxygen atoms in total. The molecule has 0 atom stereocenters. The molecule has 1 N–H and O–H groups in total. The van der Waals surface area contributed by atoms with Gasteiger partial charge in [-0.25, -0.2) is 0 Å². The van der Waals surface area contributed by atoms with Gasteiger partial charge in [-0.15, -0.1) is 0 Å². The molecule has 1 heterocycles. The van der Waals surface area contributed by atoms with Crippen LogP contribution >= 0.6 is 12.2 Å². The van der Waals surface area contributed by atoms with Gasteiger partial charge in [0.15, 0.2) is 0 Å². The summed E-state index contributed by atoms with van der Waals surface area (Å²) in [5.74, 6) is 0. The Morgan fingerprint density at radius 2 is 1.37 bits per heavy atom. The number of rotatable bonds is 2. The highest BCUT2D eigenvalue weighted by atomic mass is 32.1. The number of benzene rings is 2. The Kier molecular flexibility index (Phi) is 3.34. The zero-order chi connectivity index (χ0) is 13.1. The molecular formula is C17H17NS. The molecular weight excluding hydrogens is 250 g/mol. The smallest absolute Gasteiger partial charge is 0.0905 e. The third-order valence-electron chi connectivity index (χ3n) is 3.93. The molecule has 1 fully saturated rings. The van der Waals surface area contributed by atoms with Gasteiger partial charge in [0.2, 0.25) is 0 Å². The average molecular weight is 267 g/mol. The van der Waals surface area contributed by atoms with Gasteiger partial charge >= 0.3 is 0 Å². The van der Waals surface area contributed by atoms with Crippen molar-refractivity contribution in [2.45, 2.75) is 18.3 Å². The van der Waals surface area contributed by atoms with E-state index in [9.17, 15) is 0 Å². The molecule has 3 rings (SSSR count). The van der Waals surface area contributed by atoms with E-state index in [2.05, 4.69) is 66.0 Å². The van der Waals surface area contributed by atoms with E-state index in [1.807, 2.05) is 0 Å². The van der Waals surface area contributed by atoms with Crippen LogP contribution in [0.5, 0.6) is 0 Å². The summed E-state index contributed by atoms with van der Waals surface area (Å²) < 4.78 is 0. The van der Waals surface area contributed by atoms with Crippen LogP contribution in [0.25, 0.3) is 0 Å². The predicted octanol–water partition coefficient (Wildman–Crippen LogP) is 3.68. The molecule has 0 spiro atoms. The fraction of sp³-hybridized carbons (Fsp3) is 0.235. The van der Waals surface area contributed by atoms with Crippen molar-refractivity contribution in [1.29, 1.82) is 0 Å². The van der Waals surface area contributed by atoms with Gasteiger partial charge in [-0.3, -0.25) is 0 Å². The van der Waals surface area contributed by atoms with Gasteiger partial charge in [-0.1, -0.05) is 72.9 Å². The zero-order valence-electron chi connectivity index (χ0n) is 10.8. The van der Waals surface area contributed by atoms with Gasteiger partial charge in [0.1, 0.15) is 0 Å². The number of hydrogen-bond donors (Lipinski definition) is 1. The fourth-order valence-electron chi connectivity index (χ4n) is 2.98. The predicted molar refractivity (Wildman–Crippen MR) is 83.5 cm³/mol. The second kappa shape index (κ2) is 5.14. The van der Waals surface area contributed by atoms with E-state index in [-0.39, 0.29) is 5.41 Å². The molecule has 0 aliphatic carbocycles. The van der Waals surface area contributed by atoms with E-state index in [1.165, 1.54) is 11.1 Å². The van der Waals surface area contributed by atoms with E-state index in [0.29, 0.717) is 0 Å². The molecule has 0 aromatic heterocycles. The second-order valence-corrected chi connectivity index (χ2v) is 5.41. The summed E-state index contributed by atoms with van der Waals surface area (Å²) in [6, 6.07) is 21.2. The summed E-state index contributed by atoms with van der Waals surface area (Å²) in [6.45, 7) is 0.986. The van der Waals surface area contributed by atoms with E-state index in [0.717, 1.165) is 24.4 Å². The van der Waals surface area contributed by atoms with E-state index >= 15 is 0 Å². The van der Waals surface area contributed by atoms with Gasteiger partial charge in [0, 0.05) is 6.54 Å². The largest absolute Gasteiger partial charge is 0.379 e. The SMILES string of the molecule is S=C1NCCCC1(c1ccccc1)c1ccccc1. The Morgan fingerprint density at radius 1 is 0.842 bits per heavy atom. The monoisotopic (exact) mass is 267 g/mol. The van der Waals surface area contributed by atoms with E-state index < -0.39 is 0 Å². The molecule has 19 heavy (non-hydrogen) atoms. The summed E-state index contributed by atoms with van der Waals surface area (Å²) in [5.41, 5.74) is 2.42. The zero-order valence-corrected chi connectivity index (χ0v) is 11.6. The third-order valence-corrected chi connectivity index (χ3v) is 4.43. The Morgan fingerprint density at radius 3 is 1.84 bits per heavy atom. The maximum absolute atomic E-state index is 5.69. The number of nitrogens with one attached hydrogen (secondary N) is 1. The Bertz CT molecular complexity index is 523. The van der Waals surface area contributed by atoms with Crippen molar-refractivity contribution in [1.82, 2.24) is 5.32 Å². The van der Waals surface area contributed by atoms with E-state index in [1.54, 1.807) is 0 Å². The van der Waals surface area contributed by atoms with Crippen LogP contribution in [-0.4, -0.2) is 11.5 Å². The Balaban J connectivity index is 2.19. The third kappa shape index (κ3) is 2.06. The standard InChI is InChI=1S/C17H17NS/c19-16-17(12-7-13-18-16,14-8-3-1-4-9-14)15-10-5-2-6-11-15/h1-6,8-11H,7,12-13H2,(H,18,19). The van der Waals surface area contributed by atoms with Crippen LogP contribution in [0.3, 0.4) is 0 Å². The quantitative estimate of drug-likeness (QED) is 0.833. The molecule has 1 aliphatic heterocycles. The molecule has 0 radical (unpaired) electrons. The lowest BCUT2D eigenvalue weighted by molar-refractivity contribution is 0.525. The van der Waals surface area contributed by atoms with Crippen LogP contribution in [0, 0.1) is 0 Å². The van der Waals surface area contributed by atoms with Crippen LogP contribution < -0.4 is 5.32 Å². The topological polar surface area (TPSA) is 12.0 Å². The van der Waals surface area contributed by atoms with Crippen molar-refractivity contribution in [3.05, 3.63) is 71.8 Å². The molecule has 96 valence electrons. The number of hydrogen-bond acceptors (Lipinski definition) is 1. The van der Waals surface area contributed by atoms with Gasteiger partial charge < -0.3 is 5.32 Å². The highest BCUT2D eigenvalue weighted by Gasteiger charge is 2.40. The fourth-order valence-corrected chi connectivity index (χ4v) is 3.42. The lowest BCUT2D eigenvalue weighted by atomic mass is 9.69. The van der Waals surface area contributed by atoms with Crippen LogP contribution in [0.4, 0.5) is 0 Å². The first-order valence-electron chi connectivity index (χ1n) is 6.73. The van der Waals surface area contributed by atoms with Gasteiger partial charge in [0.05, 0.1) is 10.4 Å². The van der Waals surface area contributed by atoms with Crippen LogP contribution in [-0.2, 0) is 5.41 Å². The van der Waals surface area contributed by atoms with Crippen molar-refractivity contribution in [2.24, 2.45) is 0 Å². The summed E-state index contributed by atoms with van der Waals surface area (Å²) >= 11 is 5.69. The van der Waals surface area contributed by atoms with E-state index in [4.69, 9.17) is 12.2 Å². The van der Waals surface area contributed by atoms with Gasteiger partial charge in [0.25, 0.3) is 0 Å². The van der Waals surface area contributed by atoms with Gasteiger partial charge in [-0.2, -0.15) is 0 Å². The van der Waals surface area contributed by atoms with Crippen LogP contribution in [0.2, 0.25) is 0 Å². The molecule has 0 bridgehead atoms. The second-order valence-electron chi connectivity index (χ2n) is 5.00. The lowest BCUT2D eigenvalue weighted by Gasteiger charge is -2.39. The minimum absolute atomic E-state index is 0.157. The first-order valence-corrected chi connectivity index (χ1v) is 7.14. The molecule has 1 aliphatic rings. The van der Waals surface area contributed by atoms with Crippen molar-refractivity contribution in [3.63, 3.8) is 0 Å². The molecule has 0 saturated carbocycles. The summed E-state index contributed by atoms with van der Waals surface area (Å²) in [4.78, 5) is 0.955. The highest BCUT2D eigenvalue weighted by Crippen LogP contribution is 2.39. The van der Waals surface area contributed by atoms with Crippen LogP contribution in [0.15, 0.2) is 60.7 Å². The van der Waals surface area contributed by atoms with Crippen LogP contribution in [0.1, 0.15) is 24.0 Å². The highest BCUT2D eigenvalue weighted by molar-refractivity contribution is 7.80. The van der Waals surface area contributed by atoms with Gasteiger partial charge in [-0.05, 0) is 24.0 Å². The van der Waals surface area contributed by atoms with Crippen molar-refractivity contribution < 1.29 is 0 Å². The molecule has 2 aromatic rings. The maximum Gasteiger partial charge on any atom is 0.0905 e. The Labute approximate surface area is 119 Å². The summed E-state index contributed by atoms with van der Waals surface area (Å²) in [5, 5.41) is 3.40. The minimum atomic E-state index is -0.157. The lowest BCUT2D eigenvalue weighted by Crippen LogP contribution is -2.48. The molecule has 0 unspecified atom stereocenters. The van der Waals surface area contributed by atoms with Crippen molar-refractivity contribution in [3.8, 4) is 0 Å². The van der Waals surface area contributed by atoms with Crippen molar-refractivity contribution in [2.75, 3.05) is 6.54 Å². The number of piperidine rings is 1. The molecule has 2 heteroatoms. The molecule has 2 aromatic carbocycles. The van der Waals surface area contributed by atoms with Crippen molar-refractivity contribution >= 4 is 17.2 Å². The summed E-state index contributed by atoms with van der Waals surface area (Å²) in [6.07, 6.45) is 2.22. The first kappa shape index (κ1) is 12.4. The molecule has 0 amide bonds. The maximum atomic E-state index is 5.69. The first-order chi connectivity index (χ1) is 9.34.